The third-order valence-electron chi connectivity index (χ3n) is 4.74. The van der Waals surface area contributed by atoms with E-state index in [1.807, 2.05) is 6.07 Å². The lowest BCUT2D eigenvalue weighted by atomic mass is 10.2. The highest BCUT2D eigenvalue weighted by Crippen LogP contribution is 2.22. The zero-order valence-electron chi connectivity index (χ0n) is 15.0. The van der Waals surface area contributed by atoms with Crippen LogP contribution in [0, 0.1) is 0 Å². The molecule has 0 fully saturated rings. The van der Waals surface area contributed by atoms with Crippen LogP contribution in [0.1, 0.15) is 10.5 Å². The monoisotopic (exact) mass is 396 g/mol. The average molecular weight is 397 g/mol. The Balaban J connectivity index is 1.57. The van der Waals surface area contributed by atoms with E-state index in [0.717, 1.165) is 10.9 Å². The molecular weight excluding hydrogens is 380 g/mol. The van der Waals surface area contributed by atoms with Gasteiger partial charge < -0.3 is 19.4 Å². The normalized spacial score (nSPS) is 11.2. The molecule has 0 aliphatic carbocycles. The van der Waals surface area contributed by atoms with Gasteiger partial charge in [0.25, 0.3) is 5.91 Å². The molecule has 4 aromatic rings. The molecule has 7 nitrogen and oxygen atoms in total. The van der Waals surface area contributed by atoms with E-state index >= 15 is 0 Å². The van der Waals surface area contributed by atoms with Crippen LogP contribution in [0.15, 0.2) is 58.1 Å². The molecule has 0 saturated heterocycles. The molecule has 0 atom stereocenters. The van der Waals surface area contributed by atoms with Crippen LogP contribution in [0.25, 0.3) is 21.9 Å². The van der Waals surface area contributed by atoms with Crippen molar-refractivity contribution >= 4 is 39.4 Å². The van der Waals surface area contributed by atoms with Gasteiger partial charge in [0.2, 0.25) is 0 Å². The maximum atomic E-state index is 12.6. The number of nitrogens with zero attached hydrogens (tertiary/aromatic N) is 2. The summed E-state index contributed by atoms with van der Waals surface area (Å²) in [5.74, 6) is -0.267. The molecule has 0 aliphatic heterocycles. The molecule has 142 valence electrons. The highest BCUT2D eigenvalue weighted by Gasteiger charge is 2.14. The van der Waals surface area contributed by atoms with Crippen LogP contribution in [0.5, 0.6) is 0 Å². The largest absolute Gasteiger partial charge is 0.349 e. The number of carbonyl (C=O) groups excluding carboxylic acids is 1. The van der Waals surface area contributed by atoms with Gasteiger partial charge in [-0.25, -0.2) is 0 Å². The molecule has 0 spiro atoms. The van der Waals surface area contributed by atoms with Crippen molar-refractivity contribution in [3.05, 3.63) is 80.0 Å². The van der Waals surface area contributed by atoms with E-state index < -0.39 is 11.1 Å². The SMILES string of the molecule is Cn1c(C(=O)NCCn2c(=O)c(=O)[nH]c3ccccc32)cc2ccc(Cl)cc21. The van der Waals surface area contributed by atoms with Crippen LogP contribution in [0.2, 0.25) is 5.02 Å². The van der Waals surface area contributed by atoms with E-state index in [1.54, 1.807) is 54.1 Å². The summed E-state index contributed by atoms with van der Waals surface area (Å²) >= 11 is 6.03. The first kappa shape index (κ1) is 18.1. The minimum absolute atomic E-state index is 0.185. The summed E-state index contributed by atoms with van der Waals surface area (Å²) in [7, 11) is 1.79. The van der Waals surface area contributed by atoms with Crippen LogP contribution in [0.4, 0.5) is 0 Å². The molecular formula is C20H17ClN4O3. The molecule has 28 heavy (non-hydrogen) atoms. The molecule has 4 rings (SSSR count). The highest BCUT2D eigenvalue weighted by molar-refractivity contribution is 6.31. The van der Waals surface area contributed by atoms with Gasteiger partial charge in [-0.2, -0.15) is 0 Å². The second kappa shape index (κ2) is 7.01. The van der Waals surface area contributed by atoms with E-state index in [9.17, 15) is 14.4 Å². The predicted molar refractivity (Wildman–Crippen MR) is 109 cm³/mol. The van der Waals surface area contributed by atoms with Gasteiger partial charge in [0.05, 0.1) is 11.0 Å². The van der Waals surface area contributed by atoms with Crippen LogP contribution in [0.3, 0.4) is 0 Å². The Labute approximate surface area is 164 Å². The fourth-order valence-corrected chi connectivity index (χ4v) is 3.50. The predicted octanol–water partition coefficient (Wildman–Crippen LogP) is 2.26. The second-order valence-electron chi connectivity index (χ2n) is 6.48. The number of carbonyl (C=O) groups is 1. The Morgan fingerprint density at radius 3 is 2.71 bits per heavy atom. The molecule has 0 unspecified atom stereocenters. The van der Waals surface area contributed by atoms with Crippen molar-refractivity contribution in [2.45, 2.75) is 6.54 Å². The van der Waals surface area contributed by atoms with E-state index in [0.29, 0.717) is 21.7 Å². The number of aromatic amines is 1. The van der Waals surface area contributed by atoms with Crippen molar-refractivity contribution in [3.63, 3.8) is 0 Å². The Morgan fingerprint density at radius 1 is 1.11 bits per heavy atom. The van der Waals surface area contributed by atoms with Crippen molar-refractivity contribution in [2.24, 2.45) is 7.05 Å². The van der Waals surface area contributed by atoms with Gasteiger partial charge in [-0.15, -0.1) is 0 Å². The van der Waals surface area contributed by atoms with Gasteiger partial charge in [-0.3, -0.25) is 14.4 Å². The first-order valence-electron chi connectivity index (χ1n) is 8.71. The molecule has 2 aromatic carbocycles. The number of aryl methyl sites for hydroxylation is 1. The lowest BCUT2D eigenvalue weighted by Crippen LogP contribution is -2.39. The summed E-state index contributed by atoms with van der Waals surface area (Å²) < 4.78 is 3.14. The summed E-state index contributed by atoms with van der Waals surface area (Å²) in [5.41, 5.74) is 1.20. The second-order valence-corrected chi connectivity index (χ2v) is 6.91. The van der Waals surface area contributed by atoms with Gasteiger partial charge in [0.15, 0.2) is 0 Å². The molecule has 8 heteroatoms. The topological polar surface area (TPSA) is 88.9 Å². The van der Waals surface area contributed by atoms with Gasteiger partial charge in [0.1, 0.15) is 5.69 Å². The first-order chi connectivity index (χ1) is 13.5. The summed E-state index contributed by atoms with van der Waals surface area (Å²) in [4.78, 5) is 39.2. The average Bonchev–Trinajstić information content (AvgIpc) is 3.01. The van der Waals surface area contributed by atoms with Crippen molar-refractivity contribution in [1.29, 1.82) is 0 Å². The number of para-hydroxylation sites is 2. The van der Waals surface area contributed by atoms with Gasteiger partial charge >= 0.3 is 11.1 Å². The summed E-state index contributed by atoms with van der Waals surface area (Å²) in [5, 5.41) is 4.32. The van der Waals surface area contributed by atoms with Crippen molar-refractivity contribution in [2.75, 3.05) is 6.54 Å². The Morgan fingerprint density at radius 2 is 1.89 bits per heavy atom. The van der Waals surface area contributed by atoms with Crippen LogP contribution >= 0.6 is 11.6 Å². The lowest BCUT2D eigenvalue weighted by molar-refractivity contribution is 0.0944. The third-order valence-corrected chi connectivity index (χ3v) is 4.98. The van der Waals surface area contributed by atoms with Crippen molar-refractivity contribution in [3.8, 4) is 0 Å². The zero-order chi connectivity index (χ0) is 19.8. The minimum Gasteiger partial charge on any atom is -0.349 e. The number of halogens is 1. The molecule has 0 bridgehead atoms. The summed E-state index contributed by atoms with van der Waals surface area (Å²) in [6.07, 6.45) is 0. The third kappa shape index (κ3) is 3.10. The van der Waals surface area contributed by atoms with E-state index in [-0.39, 0.29) is 19.0 Å². The smallest absolute Gasteiger partial charge is 0.316 e. The fraction of sp³-hybridized carbons (Fsp3) is 0.150. The standard InChI is InChI=1S/C20H17ClN4O3/c1-24-16-11-13(21)7-6-12(16)10-17(24)18(26)22-8-9-25-15-5-3-2-4-14(15)23-19(27)20(25)28/h2-7,10-11H,8-9H2,1H3,(H,22,26)(H,23,27). The van der Waals surface area contributed by atoms with Gasteiger partial charge in [0, 0.05) is 36.1 Å². The molecule has 0 saturated carbocycles. The number of benzene rings is 2. The number of amides is 1. The van der Waals surface area contributed by atoms with Crippen molar-refractivity contribution < 1.29 is 4.79 Å². The number of aromatic nitrogens is 3. The number of rotatable bonds is 4. The zero-order valence-corrected chi connectivity index (χ0v) is 15.8. The minimum atomic E-state index is -0.685. The summed E-state index contributed by atoms with van der Waals surface area (Å²) in [6, 6.07) is 14.3. The van der Waals surface area contributed by atoms with E-state index in [1.165, 1.54) is 4.57 Å². The van der Waals surface area contributed by atoms with Crippen LogP contribution in [-0.2, 0) is 13.6 Å². The first-order valence-corrected chi connectivity index (χ1v) is 9.08. The molecule has 0 aliphatic rings. The number of nitrogens with one attached hydrogen (secondary N) is 2. The summed E-state index contributed by atoms with van der Waals surface area (Å²) in [6.45, 7) is 0.388. The molecule has 1 amide bonds. The Kier molecular flexibility index (Phi) is 4.52. The fourth-order valence-electron chi connectivity index (χ4n) is 3.34. The lowest BCUT2D eigenvalue weighted by Gasteiger charge is -2.11. The number of fused-ring (bicyclic) bond motifs is 2. The maximum absolute atomic E-state index is 12.6. The van der Waals surface area contributed by atoms with Gasteiger partial charge in [-0.1, -0.05) is 29.8 Å². The van der Waals surface area contributed by atoms with Crippen LogP contribution < -0.4 is 16.4 Å². The quantitative estimate of drug-likeness (QED) is 0.518. The van der Waals surface area contributed by atoms with E-state index in [2.05, 4.69) is 10.3 Å². The number of H-pyrrole nitrogens is 1. The Hall–Kier alpha value is -3.32. The van der Waals surface area contributed by atoms with Gasteiger partial charge in [-0.05, 0) is 30.3 Å². The molecule has 0 radical (unpaired) electrons. The number of hydrogen-bond donors (Lipinski definition) is 2. The molecule has 2 aromatic heterocycles. The van der Waals surface area contributed by atoms with Crippen LogP contribution in [-0.4, -0.2) is 26.6 Å². The maximum Gasteiger partial charge on any atom is 0.316 e. The molecule has 2 heterocycles. The highest BCUT2D eigenvalue weighted by atomic mass is 35.5. The van der Waals surface area contributed by atoms with E-state index in [4.69, 9.17) is 11.6 Å². The number of hydrogen-bond acceptors (Lipinski definition) is 3. The Bertz CT molecular complexity index is 1330. The molecule has 2 N–H and O–H groups in total. The van der Waals surface area contributed by atoms with Crippen molar-refractivity contribution in [1.82, 2.24) is 19.4 Å².